The SMILES string of the molecule is CN(CCOc1nc2c(cc1C(=O)O)CCC2)C1CC1. The van der Waals surface area contributed by atoms with Gasteiger partial charge in [0.15, 0.2) is 0 Å². The number of carbonyl (C=O) groups is 1. The minimum absolute atomic E-state index is 0.194. The van der Waals surface area contributed by atoms with Gasteiger partial charge in [-0.15, -0.1) is 0 Å². The summed E-state index contributed by atoms with van der Waals surface area (Å²) in [6.45, 7) is 1.29. The van der Waals surface area contributed by atoms with Gasteiger partial charge in [0.1, 0.15) is 12.2 Å². The summed E-state index contributed by atoms with van der Waals surface area (Å²) in [6.07, 6.45) is 5.41. The highest BCUT2D eigenvalue weighted by Crippen LogP contribution is 2.27. The van der Waals surface area contributed by atoms with Crippen LogP contribution in [0.3, 0.4) is 0 Å². The fourth-order valence-electron chi connectivity index (χ4n) is 2.70. The second-order valence-corrected chi connectivity index (χ2v) is 5.67. The molecule has 0 spiro atoms. The Hall–Kier alpha value is -1.62. The first-order chi connectivity index (χ1) is 9.65. The molecule has 1 aromatic heterocycles. The van der Waals surface area contributed by atoms with Gasteiger partial charge < -0.3 is 14.7 Å². The van der Waals surface area contributed by atoms with E-state index in [0.29, 0.717) is 12.6 Å². The van der Waals surface area contributed by atoms with Crippen LogP contribution in [-0.2, 0) is 12.8 Å². The first-order valence-corrected chi connectivity index (χ1v) is 7.24. The lowest BCUT2D eigenvalue weighted by atomic mass is 10.1. The van der Waals surface area contributed by atoms with Crippen LogP contribution in [0.1, 0.15) is 40.9 Å². The fraction of sp³-hybridized carbons (Fsp3) is 0.600. The smallest absolute Gasteiger partial charge is 0.341 e. The Balaban J connectivity index is 1.69. The molecule has 0 aromatic carbocycles. The maximum atomic E-state index is 11.3. The summed E-state index contributed by atoms with van der Waals surface area (Å²) in [6, 6.07) is 2.42. The highest BCUT2D eigenvalue weighted by Gasteiger charge is 2.26. The van der Waals surface area contributed by atoms with Crippen molar-refractivity contribution in [1.82, 2.24) is 9.88 Å². The maximum Gasteiger partial charge on any atom is 0.341 e. The van der Waals surface area contributed by atoms with E-state index in [1.807, 2.05) is 0 Å². The third-order valence-electron chi connectivity index (χ3n) is 4.10. The van der Waals surface area contributed by atoms with E-state index in [9.17, 15) is 9.90 Å². The first-order valence-electron chi connectivity index (χ1n) is 7.24. The van der Waals surface area contributed by atoms with Crippen LogP contribution in [-0.4, -0.2) is 47.2 Å². The van der Waals surface area contributed by atoms with Gasteiger partial charge in [-0.3, -0.25) is 0 Å². The molecule has 0 saturated heterocycles. The average molecular weight is 276 g/mol. The van der Waals surface area contributed by atoms with Crippen LogP contribution in [0.25, 0.3) is 0 Å². The average Bonchev–Trinajstić information content (AvgIpc) is 3.17. The lowest BCUT2D eigenvalue weighted by molar-refractivity contribution is 0.0690. The third-order valence-corrected chi connectivity index (χ3v) is 4.10. The number of hydrogen-bond donors (Lipinski definition) is 1. The van der Waals surface area contributed by atoms with E-state index in [-0.39, 0.29) is 11.4 Å². The van der Waals surface area contributed by atoms with E-state index in [4.69, 9.17) is 4.74 Å². The molecule has 1 fully saturated rings. The molecule has 1 heterocycles. The summed E-state index contributed by atoms with van der Waals surface area (Å²) in [5.41, 5.74) is 2.25. The fourth-order valence-corrected chi connectivity index (χ4v) is 2.70. The minimum Gasteiger partial charge on any atom is -0.477 e. The van der Waals surface area contributed by atoms with Gasteiger partial charge in [0.2, 0.25) is 5.88 Å². The molecule has 0 aliphatic heterocycles. The number of aromatic carboxylic acids is 1. The molecule has 2 aliphatic rings. The van der Waals surface area contributed by atoms with Crippen molar-refractivity contribution in [2.24, 2.45) is 0 Å². The molecule has 0 atom stereocenters. The predicted octanol–water partition coefficient (Wildman–Crippen LogP) is 1.74. The van der Waals surface area contributed by atoms with Crippen molar-refractivity contribution in [2.75, 3.05) is 20.2 Å². The third kappa shape index (κ3) is 2.77. The van der Waals surface area contributed by atoms with Gasteiger partial charge in [0, 0.05) is 18.3 Å². The Labute approximate surface area is 118 Å². The van der Waals surface area contributed by atoms with E-state index in [1.54, 1.807) is 6.07 Å². The van der Waals surface area contributed by atoms with Crippen molar-refractivity contribution in [2.45, 2.75) is 38.1 Å². The number of fused-ring (bicyclic) bond motifs is 1. The summed E-state index contributed by atoms with van der Waals surface area (Å²) < 4.78 is 5.64. The quantitative estimate of drug-likeness (QED) is 0.857. The Morgan fingerprint density at radius 2 is 2.30 bits per heavy atom. The van der Waals surface area contributed by atoms with Gasteiger partial charge in [0.05, 0.1) is 0 Å². The molecule has 1 N–H and O–H groups in total. The second kappa shape index (κ2) is 5.40. The molecule has 20 heavy (non-hydrogen) atoms. The van der Waals surface area contributed by atoms with Gasteiger partial charge in [-0.2, -0.15) is 0 Å². The van der Waals surface area contributed by atoms with Crippen LogP contribution in [0, 0.1) is 0 Å². The molecule has 3 rings (SSSR count). The lowest BCUT2D eigenvalue weighted by Gasteiger charge is -2.16. The molecule has 2 aliphatic carbocycles. The number of likely N-dealkylation sites (N-methyl/N-ethyl adjacent to an activating group) is 1. The Morgan fingerprint density at radius 1 is 1.50 bits per heavy atom. The number of pyridine rings is 1. The van der Waals surface area contributed by atoms with Crippen LogP contribution in [0.2, 0.25) is 0 Å². The van der Waals surface area contributed by atoms with Gasteiger partial charge in [0.25, 0.3) is 0 Å². The standard InChI is InChI=1S/C15H20N2O3/c1-17(11-5-6-11)7-8-20-14-12(15(18)19)9-10-3-2-4-13(10)16-14/h9,11H,2-8H2,1H3,(H,18,19). The van der Waals surface area contributed by atoms with Crippen molar-refractivity contribution in [3.05, 3.63) is 22.9 Å². The minimum atomic E-state index is -0.960. The van der Waals surface area contributed by atoms with Crippen LogP contribution >= 0.6 is 0 Å². The zero-order valence-electron chi connectivity index (χ0n) is 11.8. The Kier molecular flexibility index (Phi) is 3.61. The lowest BCUT2D eigenvalue weighted by Crippen LogP contribution is -2.26. The number of aromatic nitrogens is 1. The number of carboxylic acid groups (broad SMARTS) is 1. The van der Waals surface area contributed by atoms with Crippen LogP contribution in [0.15, 0.2) is 6.07 Å². The molecular formula is C15H20N2O3. The molecule has 0 radical (unpaired) electrons. The molecule has 1 aromatic rings. The molecule has 5 nitrogen and oxygen atoms in total. The Morgan fingerprint density at radius 3 is 3.00 bits per heavy atom. The van der Waals surface area contributed by atoms with Crippen LogP contribution < -0.4 is 4.74 Å². The highest BCUT2D eigenvalue weighted by molar-refractivity contribution is 5.90. The maximum absolute atomic E-state index is 11.3. The van der Waals surface area contributed by atoms with Crippen molar-refractivity contribution in [3.8, 4) is 5.88 Å². The monoisotopic (exact) mass is 276 g/mol. The van der Waals surface area contributed by atoms with Crippen molar-refractivity contribution < 1.29 is 14.6 Å². The Bertz CT molecular complexity index is 526. The largest absolute Gasteiger partial charge is 0.477 e. The topological polar surface area (TPSA) is 62.7 Å². The van der Waals surface area contributed by atoms with Gasteiger partial charge in [-0.25, -0.2) is 9.78 Å². The predicted molar refractivity (Wildman–Crippen MR) is 74.4 cm³/mol. The summed E-state index contributed by atoms with van der Waals surface area (Å²) in [4.78, 5) is 18.0. The number of hydrogen-bond acceptors (Lipinski definition) is 4. The van der Waals surface area contributed by atoms with Crippen LogP contribution in [0.5, 0.6) is 5.88 Å². The van der Waals surface area contributed by atoms with Gasteiger partial charge in [-0.05, 0) is 50.8 Å². The molecule has 108 valence electrons. The molecule has 1 saturated carbocycles. The van der Waals surface area contributed by atoms with E-state index in [0.717, 1.165) is 37.1 Å². The number of nitrogens with zero attached hydrogens (tertiary/aromatic N) is 2. The van der Waals surface area contributed by atoms with Crippen LogP contribution in [0.4, 0.5) is 0 Å². The second-order valence-electron chi connectivity index (χ2n) is 5.67. The normalized spacial score (nSPS) is 17.3. The molecule has 0 unspecified atom stereocenters. The number of carboxylic acids is 1. The van der Waals surface area contributed by atoms with E-state index < -0.39 is 5.97 Å². The molecule has 0 amide bonds. The van der Waals surface area contributed by atoms with Crippen molar-refractivity contribution in [1.29, 1.82) is 0 Å². The van der Waals surface area contributed by atoms with E-state index >= 15 is 0 Å². The summed E-state index contributed by atoms with van der Waals surface area (Å²) >= 11 is 0. The van der Waals surface area contributed by atoms with E-state index in [2.05, 4.69) is 16.9 Å². The molecule has 5 heteroatoms. The van der Waals surface area contributed by atoms with E-state index in [1.165, 1.54) is 12.8 Å². The first kappa shape index (κ1) is 13.4. The molecular weight excluding hydrogens is 256 g/mol. The zero-order chi connectivity index (χ0) is 14.1. The molecule has 0 bridgehead atoms. The summed E-state index contributed by atoms with van der Waals surface area (Å²) in [5.74, 6) is -0.680. The van der Waals surface area contributed by atoms with Gasteiger partial charge >= 0.3 is 5.97 Å². The highest BCUT2D eigenvalue weighted by atomic mass is 16.5. The van der Waals surface area contributed by atoms with Gasteiger partial charge in [-0.1, -0.05) is 0 Å². The number of ether oxygens (including phenoxy) is 1. The van der Waals surface area contributed by atoms with Crippen molar-refractivity contribution >= 4 is 5.97 Å². The number of aryl methyl sites for hydroxylation is 2. The zero-order valence-corrected chi connectivity index (χ0v) is 11.8. The summed E-state index contributed by atoms with van der Waals surface area (Å²) in [7, 11) is 2.08. The number of rotatable bonds is 6. The van der Waals surface area contributed by atoms with Crippen molar-refractivity contribution in [3.63, 3.8) is 0 Å². The summed E-state index contributed by atoms with van der Waals surface area (Å²) in [5, 5.41) is 9.27.